The van der Waals surface area contributed by atoms with E-state index in [0.29, 0.717) is 12.0 Å². The first-order chi connectivity index (χ1) is 8.76. The van der Waals surface area contributed by atoms with E-state index >= 15 is 0 Å². The molecular weight excluding hydrogens is 252 g/mol. The Balaban J connectivity index is 3.50. The number of halogens is 1. The molecule has 0 aromatic heterocycles. The average Bonchev–Trinajstić information content (AvgIpc) is 2.40. The molecule has 0 aromatic rings. The maximum absolute atomic E-state index is 11.2. The Bertz CT molecular complexity index is 262. The number of allylic oxidation sites excluding steroid dienone is 1. The number of unbranched alkanes of at least 4 members (excludes halogenated alkanes) is 7. The van der Waals surface area contributed by atoms with Crippen molar-refractivity contribution in [3.05, 3.63) is 11.6 Å². The molecule has 0 rings (SSSR count). The smallest absolute Gasteiger partial charge is 0.334 e. The molecule has 0 fully saturated rings. The van der Waals surface area contributed by atoms with Gasteiger partial charge < -0.3 is 9.53 Å². The van der Waals surface area contributed by atoms with Gasteiger partial charge in [-0.3, -0.25) is 0 Å². The third kappa shape index (κ3) is 9.23. The summed E-state index contributed by atoms with van der Waals surface area (Å²) >= 11 is 5.65. The van der Waals surface area contributed by atoms with E-state index in [2.05, 4.69) is 4.74 Å². The first-order valence-electron chi connectivity index (χ1n) is 6.53. The minimum atomic E-state index is -0.334. The summed E-state index contributed by atoms with van der Waals surface area (Å²) in [5, 5.41) is 0. The van der Waals surface area contributed by atoms with Gasteiger partial charge in [-0.05, 0) is 19.3 Å². The van der Waals surface area contributed by atoms with Gasteiger partial charge in [-0.2, -0.15) is 0 Å². The van der Waals surface area contributed by atoms with Gasteiger partial charge in [0.25, 0.3) is 0 Å². The van der Waals surface area contributed by atoms with Crippen molar-refractivity contribution in [2.45, 2.75) is 51.4 Å². The van der Waals surface area contributed by atoms with Crippen LogP contribution in [-0.4, -0.2) is 25.2 Å². The molecule has 0 aromatic carbocycles. The first kappa shape index (κ1) is 17.2. The molecule has 0 bridgehead atoms. The van der Waals surface area contributed by atoms with Crippen LogP contribution in [0.4, 0.5) is 0 Å². The Morgan fingerprint density at radius 2 is 1.61 bits per heavy atom. The molecule has 0 heterocycles. The maximum atomic E-state index is 11.2. The second kappa shape index (κ2) is 12.6. The molecule has 3 nitrogen and oxygen atoms in total. The summed E-state index contributed by atoms with van der Waals surface area (Å²) in [5.74, 6) is -0.128. The van der Waals surface area contributed by atoms with Crippen molar-refractivity contribution in [1.82, 2.24) is 0 Å². The molecule has 0 atom stereocenters. The van der Waals surface area contributed by atoms with E-state index in [1.807, 2.05) is 6.08 Å². The summed E-state index contributed by atoms with van der Waals surface area (Å²) in [6, 6.07) is 0. The van der Waals surface area contributed by atoms with E-state index in [1.54, 1.807) is 0 Å². The van der Waals surface area contributed by atoms with Gasteiger partial charge in [0, 0.05) is 12.0 Å². The molecule has 0 aliphatic carbocycles. The lowest BCUT2D eigenvalue weighted by molar-refractivity contribution is -0.136. The second-order valence-corrected chi connectivity index (χ2v) is 4.49. The molecule has 0 N–H and O–H groups in total. The lowest BCUT2D eigenvalue weighted by atomic mass is 10.1. The summed E-state index contributed by atoms with van der Waals surface area (Å²) in [7, 11) is 1.36. The summed E-state index contributed by atoms with van der Waals surface area (Å²) < 4.78 is 4.62. The standard InChI is InChI=1S/C14H23ClO3/c1-18-14(17)13(12-15)10-8-6-4-2-3-5-7-9-11-16/h10-11H,2-9,12H2,1H3/b13-10+. The lowest BCUT2D eigenvalue weighted by Gasteiger charge is -2.02. The molecule has 0 amide bonds. The molecule has 0 saturated carbocycles. The predicted molar refractivity (Wildman–Crippen MR) is 73.8 cm³/mol. The average molecular weight is 275 g/mol. The van der Waals surface area contributed by atoms with Crippen molar-refractivity contribution in [1.29, 1.82) is 0 Å². The third-order valence-electron chi connectivity index (χ3n) is 2.76. The largest absolute Gasteiger partial charge is 0.466 e. The van der Waals surface area contributed by atoms with Crippen molar-refractivity contribution >= 4 is 23.9 Å². The van der Waals surface area contributed by atoms with Crippen LogP contribution in [0.2, 0.25) is 0 Å². The highest BCUT2D eigenvalue weighted by molar-refractivity contribution is 6.22. The molecule has 0 saturated heterocycles. The number of rotatable bonds is 11. The Morgan fingerprint density at radius 1 is 1.06 bits per heavy atom. The van der Waals surface area contributed by atoms with Crippen molar-refractivity contribution in [3.63, 3.8) is 0 Å². The monoisotopic (exact) mass is 274 g/mol. The number of carbonyl (C=O) groups is 2. The number of ether oxygens (including phenoxy) is 1. The predicted octanol–water partition coefficient (Wildman–Crippen LogP) is 3.64. The molecule has 0 aliphatic heterocycles. The summed E-state index contributed by atoms with van der Waals surface area (Å²) in [4.78, 5) is 21.3. The summed E-state index contributed by atoms with van der Waals surface area (Å²) in [5.41, 5.74) is 0.546. The van der Waals surface area contributed by atoms with Crippen LogP contribution in [0.25, 0.3) is 0 Å². The van der Waals surface area contributed by atoms with Gasteiger partial charge >= 0.3 is 5.97 Å². The number of hydrogen-bond acceptors (Lipinski definition) is 3. The van der Waals surface area contributed by atoms with E-state index in [4.69, 9.17) is 11.6 Å². The van der Waals surface area contributed by atoms with E-state index in [9.17, 15) is 9.59 Å². The Labute approximate surface area is 115 Å². The topological polar surface area (TPSA) is 43.4 Å². The van der Waals surface area contributed by atoms with Crippen LogP contribution in [0.1, 0.15) is 51.4 Å². The zero-order valence-corrected chi connectivity index (χ0v) is 11.9. The molecule has 0 spiro atoms. The van der Waals surface area contributed by atoms with Crippen LogP contribution in [0.15, 0.2) is 11.6 Å². The Morgan fingerprint density at radius 3 is 2.11 bits per heavy atom. The molecular formula is C14H23ClO3. The van der Waals surface area contributed by atoms with Gasteiger partial charge in [0.2, 0.25) is 0 Å². The molecule has 0 radical (unpaired) electrons. The number of alkyl halides is 1. The first-order valence-corrected chi connectivity index (χ1v) is 7.06. The van der Waals surface area contributed by atoms with Gasteiger partial charge in [-0.1, -0.05) is 31.8 Å². The van der Waals surface area contributed by atoms with Crippen LogP contribution in [0, 0.1) is 0 Å². The normalized spacial score (nSPS) is 11.3. The van der Waals surface area contributed by atoms with Crippen LogP contribution in [0.3, 0.4) is 0 Å². The molecule has 104 valence electrons. The highest BCUT2D eigenvalue weighted by Crippen LogP contribution is 2.10. The Kier molecular flexibility index (Phi) is 12.0. The fourth-order valence-electron chi connectivity index (χ4n) is 1.68. The zero-order chi connectivity index (χ0) is 13.6. The molecule has 0 aliphatic rings. The van der Waals surface area contributed by atoms with Gasteiger partial charge in [0.05, 0.1) is 13.0 Å². The van der Waals surface area contributed by atoms with Crippen LogP contribution in [-0.2, 0) is 14.3 Å². The fraction of sp³-hybridized carbons (Fsp3) is 0.714. The van der Waals surface area contributed by atoms with Crippen molar-refractivity contribution in [2.24, 2.45) is 0 Å². The molecule has 0 unspecified atom stereocenters. The summed E-state index contributed by atoms with van der Waals surface area (Å²) in [6.45, 7) is 0. The van der Waals surface area contributed by atoms with Crippen LogP contribution in [0.5, 0.6) is 0 Å². The van der Waals surface area contributed by atoms with Crippen LogP contribution >= 0.6 is 11.6 Å². The van der Waals surface area contributed by atoms with Gasteiger partial charge in [0.1, 0.15) is 6.29 Å². The van der Waals surface area contributed by atoms with Crippen molar-refractivity contribution in [3.8, 4) is 0 Å². The quantitative estimate of drug-likeness (QED) is 0.190. The summed E-state index contributed by atoms with van der Waals surface area (Å²) in [6.07, 6.45) is 11.1. The number of aldehydes is 1. The van der Waals surface area contributed by atoms with E-state index in [1.165, 1.54) is 20.0 Å². The Hall–Kier alpha value is -0.830. The number of hydrogen-bond donors (Lipinski definition) is 0. The van der Waals surface area contributed by atoms with Crippen LogP contribution < -0.4 is 0 Å². The lowest BCUT2D eigenvalue weighted by Crippen LogP contribution is -2.05. The van der Waals surface area contributed by atoms with Gasteiger partial charge in [-0.25, -0.2) is 4.79 Å². The highest BCUT2D eigenvalue weighted by atomic mass is 35.5. The maximum Gasteiger partial charge on any atom is 0.334 e. The minimum Gasteiger partial charge on any atom is -0.466 e. The van der Waals surface area contributed by atoms with Crippen molar-refractivity contribution in [2.75, 3.05) is 13.0 Å². The minimum absolute atomic E-state index is 0.207. The van der Waals surface area contributed by atoms with Gasteiger partial charge in [0.15, 0.2) is 0 Å². The molecule has 18 heavy (non-hydrogen) atoms. The second-order valence-electron chi connectivity index (χ2n) is 4.22. The van der Waals surface area contributed by atoms with E-state index in [-0.39, 0.29) is 11.8 Å². The number of methoxy groups -OCH3 is 1. The van der Waals surface area contributed by atoms with E-state index in [0.717, 1.165) is 38.4 Å². The molecule has 4 heteroatoms. The van der Waals surface area contributed by atoms with Gasteiger partial charge in [-0.15, -0.1) is 11.6 Å². The van der Waals surface area contributed by atoms with Crippen molar-refractivity contribution < 1.29 is 14.3 Å². The number of carbonyl (C=O) groups excluding carboxylic acids is 2. The fourth-order valence-corrected chi connectivity index (χ4v) is 1.90. The SMILES string of the molecule is COC(=O)/C(=C/CCCCCCCCC=O)CCl. The third-order valence-corrected chi connectivity index (χ3v) is 3.05. The van der Waals surface area contributed by atoms with E-state index < -0.39 is 0 Å². The zero-order valence-electron chi connectivity index (χ0n) is 11.1. The highest BCUT2D eigenvalue weighted by Gasteiger charge is 2.06. The number of esters is 1.